The predicted molar refractivity (Wildman–Crippen MR) is 76.4 cm³/mol. The Labute approximate surface area is 114 Å². The first kappa shape index (κ1) is 13.6. The third kappa shape index (κ3) is 4.12. The summed E-state index contributed by atoms with van der Waals surface area (Å²) in [6.45, 7) is 6.30. The standard InChI is InChI=1S/C15H22N2S/c1-15(2,12-16)8-4-9-17(13-6-7-13)11-14-5-3-10-18-14/h3,5,10,13H,4,6-9,11H2,1-2H3. The Balaban J connectivity index is 1.79. The first-order valence-corrected chi connectivity index (χ1v) is 7.66. The molecule has 1 fully saturated rings. The molecule has 0 unspecified atom stereocenters. The fraction of sp³-hybridized carbons (Fsp3) is 0.667. The maximum absolute atomic E-state index is 9.03. The molecular formula is C15H22N2S. The van der Waals surface area contributed by atoms with Crippen LogP contribution in [0.3, 0.4) is 0 Å². The van der Waals surface area contributed by atoms with Crippen molar-refractivity contribution in [3.05, 3.63) is 22.4 Å². The molecule has 0 bridgehead atoms. The SMILES string of the molecule is CC(C)(C#N)CCCN(Cc1cccs1)C1CC1. The van der Waals surface area contributed by atoms with Gasteiger partial charge in [0.25, 0.3) is 0 Å². The minimum atomic E-state index is -0.168. The topological polar surface area (TPSA) is 27.0 Å². The molecule has 1 aromatic rings. The van der Waals surface area contributed by atoms with E-state index in [1.807, 2.05) is 25.2 Å². The molecule has 1 heterocycles. The Morgan fingerprint density at radius 3 is 2.83 bits per heavy atom. The van der Waals surface area contributed by atoms with Gasteiger partial charge in [-0.15, -0.1) is 11.3 Å². The molecule has 18 heavy (non-hydrogen) atoms. The highest BCUT2D eigenvalue weighted by Gasteiger charge is 2.29. The van der Waals surface area contributed by atoms with Gasteiger partial charge in [0, 0.05) is 17.5 Å². The lowest BCUT2D eigenvalue weighted by atomic mass is 9.90. The molecule has 1 saturated carbocycles. The highest BCUT2D eigenvalue weighted by molar-refractivity contribution is 7.09. The van der Waals surface area contributed by atoms with Gasteiger partial charge in [-0.2, -0.15) is 5.26 Å². The number of rotatable bonds is 7. The van der Waals surface area contributed by atoms with Crippen LogP contribution in [0.4, 0.5) is 0 Å². The fourth-order valence-electron chi connectivity index (χ4n) is 2.21. The molecule has 0 radical (unpaired) electrons. The van der Waals surface area contributed by atoms with Gasteiger partial charge in [0.05, 0.1) is 11.5 Å². The van der Waals surface area contributed by atoms with Crippen LogP contribution in [-0.4, -0.2) is 17.5 Å². The summed E-state index contributed by atoms with van der Waals surface area (Å²) in [6, 6.07) is 7.54. The number of nitriles is 1. The van der Waals surface area contributed by atoms with Gasteiger partial charge in [-0.05, 0) is 57.5 Å². The predicted octanol–water partition coefficient (Wildman–Crippen LogP) is 4.04. The molecule has 1 aliphatic carbocycles. The summed E-state index contributed by atoms with van der Waals surface area (Å²) in [7, 11) is 0. The van der Waals surface area contributed by atoms with E-state index in [0.717, 1.165) is 32.0 Å². The molecule has 3 heteroatoms. The molecule has 2 nitrogen and oxygen atoms in total. The van der Waals surface area contributed by atoms with E-state index in [1.54, 1.807) is 0 Å². The molecule has 0 spiro atoms. The van der Waals surface area contributed by atoms with Gasteiger partial charge >= 0.3 is 0 Å². The molecule has 0 aromatic carbocycles. The number of nitrogens with zero attached hydrogens (tertiary/aromatic N) is 2. The molecule has 0 saturated heterocycles. The smallest absolute Gasteiger partial charge is 0.0683 e. The van der Waals surface area contributed by atoms with Crippen molar-refractivity contribution in [2.45, 2.75) is 52.1 Å². The second kappa shape index (κ2) is 5.86. The van der Waals surface area contributed by atoms with Crippen molar-refractivity contribution in [2.75, 3.05) is 6.54 Å². The molecule has 0 aliphatic heterocycles. The number of thiophene rings is 1. The van der Waals surface area contributed by atoms with Gasteiger partial charge in [0.1, 0.15) is 0 Å². The van der Waals surface area contributed by atoms with Gasteiger partial charge in [0.2, 0.25) is 0 Å². The highest BCUT2D eigenvalue weighted by atomic mass is 32.1. The van der Waals surface area contributed by atoms with Crippen LogP contribution >= 0.6 is 11.3 Å². The van der Waals surface area contributed by atoms with Gasteiger partial charge in [-0.3, -0.25) is 4.90 Å². The summed E-state index contributed by atoms with van der Waals surface area (Å²) < 4.78 is 0. The minimum Gasteiger partial charge on any atom is -0.295 e. The van der Waals surface area contributed by atoms with Crippen LogP contribution in [0, 0.1) is 16.7 Å². The van der Waals surface area contributed by atoms with Crippen LogP contribution in [0.5, 0.6) is 0 Å². The van der Waals surface area contributed by atoms with E-state index in [0.29, 0.717) is 0 Å². The van der Waals surface area contributed by atoms with Crippen molar-refractivity contribution < 1.29 is 0 Å². The molecule has 0 amide bonds. The number of hydrogen-bond donors (Lipinski definition) is 0. The molecule has 0 atom stereocenters. The Morgan fingerprint density at radius 1 is 1.50 bits per heavy atom. The van der Waals surface area contributed by atoms with E-state index >= 15 is 0 Å². The summed E-state index contributed by atoms with van der Waals surface area (Å²) in [5.41, 5.74) is -0.168. The first-order valence-electron chi connectivity index (χ1n) is 6.78. The summed E-state index contributed by atoms with van der Waals surface area (Å²) in [4.78, 5) is 4.06. The van der Waals surface area contributed by atoms with E-state index < -0.39 is 0 Å². The normalized spacial score (nSPS) is 15.9. The molecule has 0 N–H and O–H groups in total. The van der Waals surface area contributed by atoms with Crippen molar-refractivity contribution in [3.63, 3.8) is 0 Å². The molecule has 1 aliphatic rings. The van der Waals surface area contributed by atoms with Crippen LogP contribution in [0.1, 0.15) is 44.4 Å². The number of hydrogen-bond acceptors (Lipinski definition) is 3. The maximum Gasteiger partial charge on any atom is 0.0683 e. The van der Waals surface area contributed by atoms with Crippen LogP contribution < -0.4 is 0 Å². The average molecular weight is 262 g/mol. The molecular weight excluding hydrogens is 240 g/mol. The van der Waals surface area contributed by atoms with E-state index in [1.165, 1.54) is 17.7 Å². The zero-order valence-corrected chi connectivity index (χ0v) is 12.2. The Morgan fingerprint density at radius 2 is 2.28 bits per heavy atom. The lowest BCUT2D eigenvalue weighted by molar-refractivity contribution is 0.240. The largest absolute Gasteiger partial charge is 0.295 e. The monoisotopic (exact) mass is 262 g/mol. The van der Waals surface area contributed by atoms with Gasteiger partial charge in [-0.1, -0.05) is 6.07 Å². The van der Waals surface area contributed by atoms with Crippen LogP contribution in [-0.2, 0) is 6.54 Å². The van der Waals surface area contributed by atoms with E-state index in [2.05, 4.69) is 28.5 Å². The van der Waals surface area contributed by atoms with Gasteiger partial charge in [-0.25, -0.2) is 0 Å². The Kier molecular flexibility index (Phi) is 4.42. The summed E-state index contributed by atoms with van der Waals surface area (Å²) in [5.74, 6) is 0. The van der Waals surface area contributed by atoms with Crippen LogP contribution in [0.25, 0.3) is 0 Å². The summed E-state index contributed by atoms with van der Waals surface area (Å²) in [6.07, 6.45) is 4.83. The zero-order valence-electron chi connectivity index (χ0n) is 11.4. The van der Waals surface area contributed by atoms with Crippen LogP contribution in [0.2, 0.25) is 0 Å². The Hall–Kier alpha value is -0.850. The quantitative estimate of drug-likeness (QED) is 0.741. The molecule has 98 valence electrons. The third-order valence-electron chi connectivity index (χ3n) is 3.55. The summed E-state index contributed by atoms with van der Waals surface area (Å²) >= 11 is 1.85. The lowest BCUT2D eigenvalue weighted by Gasteiger charge is -2.23. The maximum atomic E-state index is 9.03. The minimum absolute atomic E-state index is 0.168. The molecule has 1 aromatic heterocycles. The van der Waals surface area contributed by atoms with E-state index in [-0.39, 0.29) is 5.41 Å². The highest BCUT2D eigenvalue weighted by Crippen LogP contribution is 2.30. The van der Waals surface area contributed by atoms with Gasteiger partial charge < -0.3 is 0 Å². The second-order valence-electron chi connectivity index (χ2n) is 5.88. The van der Waals surface area contributed by atoms with Crippen molar-refractivity contribution in [2.24, 2.45) is 5.41 Å². The second-order valence-corrected chi connectivity index (χ2v) is 6.91. The van der Waals surface area contributed by atoms with Crippen molar-refractivity contribution >= 4 is 11.3 Å². The fourth-order valence-corrected chi connectivity index (χ4v) is 2.94. The van der Waals surface area contributed by atoms with Crippen molar-refractivity contribution in [3.8, 4) is 6.07 Å². The summed E-state index contributed by atoms with van der Waals surface area (Å²) in [5, 5.41) is 11.2. The van der Waals surface area contributed by atoms with Crippen molar-refractivity contribution in [1.82, 2.24) is 4.90 Å². The molecule has 2 rings (SSSR count). The van der Waals surface area contributed by atoms with Crippen LogP contribution in [0.15, 0.2) is 17.5 Å². The van der Waals surface area contributed by atoms with E-state index in [9.17, 15) is 0 Å². The lowest BCUT2D eigenvalue weighted by Crippen LogP contribution is -2.27. The average Bonchev–Trinajstić information content (AvgIpc) is 3.07. The van der Waals surface area contributed by atoms with Gasteiger partial charge in [0.15, 0.2) is 0 Å². The van der Waals surface area contributed by atoms with E-state index in [4.69, 9.17) is 5.26 Å². The first-order chi connectivity index (χ1) is 8.61. The third-order valence-corrected chi connectivity index (χ3v) is 4.41. The zero-order chi connectivity index (χ0) is 13.0. The van der Waals surface area contributed by atoms with Crippen molar-refractivity contribution in [1.29, 1.82) is 5.26 Å². The Bertz CT molecular complexity index is 399.